The van der Waals surface area contributed by atoms with Gasteiger partial charge in [0.25, 0.3) is 0 Å². The Kier molecular flexibility index (Phi) is 3.24. The van der Waals surface area contributed by atoms with Crippen LogP contribution in [-0.4, -0.2) is 0 Å². The SMILES string of the molecule is CC(C)c1ccc(NN)c(C(F)(F)F)c1. The maximum absolute atomic E-state index is 12.6. The maximum atomic E-state index is 12.6. The number of halogens is 3. The van der Waals surface area contributed by atoms with Gasteiger partial charge in [0.05, 0.1) is 11.3 Å². The summed E-state index contributed by atoms with van der Waals surface area (Å²) in [4.78, 5) is 0. The van der Waals surface area contributed by atoms with Crippen molar-refractivity contribution in [1.82, 2.24) is 0 Å². The number of nitrogen functional groups attached to an aromatic ring is 1. The molecule has 0 aliphatic rings. The number of benzene rings is 1. The molecule has 1 aromatic rings. The van der Waals surface area contributed by atoms with Crippen LogP contribution in [0.25, 0.3) is 0 Å². The molecule has 2 nitrogen and oxygen atoms in total. The molecule has 0 fully saturated rings. The minimum Gasteiger partial charge on any atom is -0.324 e. The van der Waals surface area contributed by atoms with Gasteiger partial charge < -0.3 is 5.43 Å². The Labute approximate surface area is 86.2 Å². The number of nitrogens with two attached hydrogens (primary N) is 1. The van der Waals surface area contributed by atoms with Crippen LogP contribution in [0.3, 0.4) is 0 Å². The molecule has 5 heteroatoms. The number of anilines is 1. The molecule has 0 spiro atoms. The highest BCUT2D eigenvalue weighted by Gasteiger charge is 2.33. The van der Waals surface area contributed by atoms with Crippen LogP contribution < -0.4 is 11.3 Å². The molecule has 15 heavy (non-hydrogen) atoms. The summed E-state index contributed by atoms with van der Waals surface area (Å²) in [6, 6.07) is 4.10. The van der Waals surface area contributed by atoms with Crippen molar-refractivity contribution >= 4 is 5.69 Å². The van der Waals surface area contributed by atoms with Crippen molar-refractivity contribution < 1.29 is 13.2 Å². The molecular weight excluding hydrogens is 205 g/mol. The van der Waals surface area contributed by atoms with E-state index in [0.717, 1.165) is 6.07 Å². The predicted octanol–water partition coefficient (Wildman–Crippen LogP) is 3.11. The lowest BCUT2D eigenvalue weighted by Gasteiger charge is -2.15. The summed E-state index contributed by atoms with van der Waals surface area (Å²) < 4.78 is 37.7. The lowest BCUT2D eigenvalue weighted by atomic mass is 9.99. The van der Waals surface area contributed by atoms with E-state index >= 15 is 0 Å². The zero-order valence-electron chi connectivity index (χ0n) is 8.52. The average Bonchev–Trinajstić information content (AvgIpc) is 2.15. The zero-order valence-corrected chi connectivity index (χ0v) is 8.52. The van der Waals surface area contributed by atoms with Gasteiger partial charge in [-0.05, 0) is 23.6 Å². The van der Waals surface area contributed by atoms with Crippen LogP contribution in [0.15, 0.2) is 18.2 Å². The molecule has 84 valence electrons. The van der Waals surface area contributed by atoms with Crippen molar-refractivity contribution in [3.63, 3.8) is 0 Å². The lowest BCUT2D eigenvalue weighted by molar-refractivity contribution is -0.137. The largest absolute Gasteiger partial charge is 0.418 e. The summed E-state index contributed by atoms with van der Waals surface area (Å²) in [7, 11) is 0. The number of rotatable bonds is 2. The monoisotopic (exact) mass is 218 g/mol. The molecule has 0 saturated carbocycles. The zero-order chi connectivity index (χ0) is 11.6. The van der Waals surface area contributed by atoms with Crippen LogP contribution in [0.4, 0.5) is 18.9 Å². The lowest BCUT2D eigenvalue weighted by Crippen LogP contribution is -2.15. The minimum absolute atomic E-state index is 0.0536. The maximum Gasteiger partial charge on any atom is 0.418 e. The fraction of sp³-hybridized carbons (Fsp3) is 0.400. The summed E-state index contributed by atoms with van der Waals surface area (Å²) in [6.45, 7) is 3.68. The molecule has 0 unspecified atom stereocenters. The quantitative estimate of drug-likeness (QED) is 0.591. The third-order valence-electron chi connectivity index (χ3n) is 2.17. The van der Waals surface area contributed by atoms with Gasteiger partial charge in [-0.1, -0.05) is 19.9 Å². The van der Waals surface area contributed by atoms with Crippen LogP contribution in [0.2, 0.25) is 0 Å². The first kappa shape index (κ1) is 11.8. The van der Waals surface area contributed by atoms with Crippen LogP contribution in [0, 0.1) is 0 Å². The minimum atomic E-state index is -4.38. The normalized spacial score (nSPS) is 11.9. The molecule has 0 amide bonds. The Morgan fingerprint density at radius 1 is 1.27 bits per heavy atom. The molecule has 1 rings (SSSR count). The van der Waals surface area contributed by atoms with E-state index in [1.54, 1.807) is 6.07 Å². The molecule has 0 aliphatic carbocycles. The van der Waals surface area contributed by atoms with Crippen LogP contribution in [0.5, 0.6) is 0 Å². The molecule has 0 saturated heterocycles. The van der Waals surface area contributed by atoms with Crippen molar-refractivity contribution in [3.05, 3.63) is 29.3 Å². The van der Waals surface area contributed by atoms with Crippen LogP contribution in [-0.2, 0) is 6.18 Å². The smallest absolute Gasteiger partial charge is 0.324 e. The Balaban J connectivity index is 3.26. The Morgan fingerprint density at radius 3 is 2.27 bits per heavy atom. The van der Waals surface area contributed by atoms with E-state index < -0.39 is 11.7 Å². The summed E-state index contributed by atoms with van der Waals surface area (Å²) in [5.74, 6) is 5.08. The number of nitrogens with one attached hydrogen (secondary N) is 1. The summed E-state index contributed by atoms with van der Waals surface area (Å²) in [6.07, 6.45) is -4.38. The molecule has 3 N–H and O–H groups in total. The fourth-order valence-corrected chi connectivity index (χ4v) is 1.28. The van der Waals surface area contributed by atoms with E-state index in [9.17, 15) is 13.2 Å². The highest BCUT2D eigenvalue weighted by molar-refractivity contribution is 5.53. The molecule has 1 aromatic carbocycles. The average molecular weight is 218 g/mol. The first-order valence-electron chi connectivity index (χ1n) is 4.54. The molecule has 0 radical (unpaired) electrons. The van der Waals surface area contributed by atoms with Gasteiger partial charge >= 0.3 is 6.18 Å². The van der Waals surface area contributed by atoms with E-state index in [1.807, 2.05) is 19.3 Å². The molecule has 0 aromatic heterocycles. The Bertz CT molecular complexity index is 345. The van der Waals surface area contributed by atoms with Gasteiger partial charge in [-0.2, -0.15) is 13.2 Å². The van der Waals surface area contributed by atoms with Crippen molar-refractivity contribution in [2.75, 3.05) is 5.43 Å². The van der Waals surface area contributed by atoms with Gasteiger partial charge in [0.1, 0.15) is 0 Å². The standard InChI is InChI=1S/C10H13F3N2/c1-6(2)7-3-4-9(15-14)8(5-7)10(11,12)13/h3-6,15H,14H2,1-2H3. The molecule has 0 aliphatic heterocycles. The summed E-state index contributed by atoms with van der Waals surface area (Å²) in [5.41, 5.74) is 1.86. The van der Waals surface area contributed by atoms with Crippen LogP contribution >= 0.6 is 0 Å². The Morgan fingerprint density at radius 2 is 1.87 bits per heavy atom. The third-order valence-corrected chi connectivity index (χ3v) is 2.17. The second kappa shape index (κ2) is 4.10. The summed E-state index contributed by atoms with van der Waals surface area (Å²) >= 11 is 0. The van der Waals surface area contributed by atoms with Crippen molar-refractivity contribution in [1.29, 1.82) is 0 Å². The summed E-state index contributed by atoms with van der Waals surface area (Å²) in [5, 5.41) is 0. The molecular formula is C10H13F3N2. The highest BCUT2D eigenvalue weighted by Crippen LogP contribution is 2.36. The molecule has 0 heterocycles. The highest BCUT2D eigenvalue weighted by atomic mass is 19.4. The second-order valence-electron chi connectivity index (χ2n) is 3.60. The van der Waals surface area contributed by atoms with E-state index in [-0.39, 0.29) is 11.6 Å². The first-order valence-corrected chi connectivity index (χ1v) is 4.54. The topological polar surface area (TPSA) is 38.0 Å². The fourth-order valence-electron chi connectivity index (χ4n) is 1.28. The third kappa shape index (κ3) is 2.62. The van der Waals surface area contributed by atoms with Gasteiger partial charge in [0.2, 0.25) is 0 Å². The number of hydrogen-bond donors (Lipinski definition) is 2. The van der Waals surface area contributed by atoms with Crippen molar-refractivity contribution in [3.8, 4) is 0 Å². The second-order valence-corrected chi connectivity index (χ2v) is 3.60. The molecule has 0 bridgehead atoms. The van der Waals surface area contributed by atoms with Gasteiger partial charge in [-0.3, -0.25) is 5.84 Å². The number of hydrogen-bond acceptors (Lipinski definition) is 2. The van der Waals surface area contributed by atoms with E-state index in [1.165, 1.54) is 6.07 Å². The number of alkyl halides is 3. The van der Waals surface area contributed by atoms with E-state index in [0.29, 0.717) is 5.56 Å². The van der Waals surface area contributed by atoms with Crippen molar-refractivity contribution in [2.45, 2.75) is 25.9 Å². The molecule has 0 atom stereocenters. The van der Waals surface area contributed by atoms with Gasteiger partial charge in [-0.25, -0.2) is 0 Å². The van der Waals surface area contributed by atoms with Gasteiger partial charge in [0, 0.05) is 0 Å². The Hall–Kier alpha value is -1.23. The van der Waals surface area contributed by atoms with E-state index in [2.05, 4.69) is 0 Å². The number of hydrazine groups is 1. The van der Waals surface area contributed by atoms with Crippen molar-refractivity contribution in [2.24, 2.45) is 5.84 Å². The first-order chi connectivity index (χ1) is 6.86. The van der Waals surface area contributed by atoms with Crippen LogP contribution in [0.1, 0.15) is 30.9 Å². The van der Waals surface area contributed by atoms with E-state index in [4.69, 9.17) is 5.84 Å². The van der Waals surface area contributed by atoms with Gasteiger partial charge in [0.15, 0.2) is 0 Å². The predicted molar refractivity (Wildman–Crippen MR) is 53.3 cm³/mol. The van der Waals surface area contributed by atoms with Gasteiger partial charge in [-0.15, -0.1) is 0 Å².